The molecule has 12 heteroatoms. The van der Waals surface area contributed by atoms with Gasteiger partial charge in [-0.2, -0.15) is 9.97 Å². The van der Waals surface area contributed by atoms with E-state index in [1.165, 1.54) is 30.5 Å². The third-order valence-corrected chi connectivity index (χ3v) is 9.92. The lowest BCUT2D eigenvalue weighted by Crippen LogP contribution is -2.62. The Labute approximate surface area is 257 Å². The fraction of sp³-hybridized carbons (Fsp3) is 0.424. The first-order valence-electron chi connectivity index (χ1n) is 15.2. The number of aromatic hydroxyl groups is 1. The highest BCUT2D eigenvalue weighted by atomic mass is 19.1. The number of fused-ring (bicyclic) bond motifs is 5. The first-order chi connectivity index (χ1) is 21.7. The Bertz CT molecular complexity index is 1890. The average molecular weight is 616 g/mol. The molecule has 2 aromatic carbocycles. The SMILES string of the molecule is C#Cc1c(F)ccc2cc(O)cc(-c3ncc4c(N5CC6CCC(C5)O6)nc(OC(O)(O)C56CCCN5CCC6)nc4c3F)c12. The Morgan fingerprint density at radius 3 is 2.51 bits per heavy atom. The Kier molecular flexibility index (Phi) is 6.41. The molecule has 4 aliphatic heterocycles. The minimum atomic E-state index is -2.64. The Hall–Kier alpha value is -4.15. The summed E-state index contributed by atoms with van der Waals surface area (Å²) >= 11 is 0. The van der Waals surface area contributed by atoms with Crippen molar-refractivity contribution in [3.63, 3.8) is 0 Å². The Balaban J connectivity index is 1.32. The monoisotopic (exact) mass is 615 g/mol. The summed E-state index contributed by atoms with van der Waals surface area (Å²) in [6.45, 7) is 2.42. The van der Waals surface area contributed by atoms with E-state index in [1.54, 1.807) is 0 Å². The standard InChI is InChI=1S/C33H31F2N5O5/c1-2-22-25(34)8-5-18-13-19(41)14-23(26(18)22)28-27(35)29-24(15-36-28)30(39-16-20-6-7-21(17-39)44-20)38-31(37-29)45-33(42,43)32-9-3-11-40(32)12-4-10-32/h1,5,8,13-15,20-21,41-43H,3-4,6-7,9-12,16-17H2. The molecule has 232 valence electrons. The highest BCUT2D eigenvalue weighted by Gasteiger charge is 2.60. The zero-order chi connectivity index (χ0) is 31.1. The molecule has 6 heterocycles. The predicted molar refractivity (Wildman–Crippen MR) is 160 cm³/mol. The molecule has 4 aliphatic rings. The number of aliphatic hydroxyl groups is 2. The smallest absolute Gasteiger partial charge is 0.343 e. The van der Waals surface area contributed by atoms with Gasteiger partial charge in [0.2, 0.25) is 0 Å². The van der Waals surface area contributed by atoms with Gasteiger partial charge in [-0.3, -0.25) is 9.88 Å². The summed E-state index contributed by atoms with van der Waals surface area (Å²) in [5.41, 5.74) is -1.45. The molecule has 2 aromatic heterocycles. The van der Waals surface area contributed by atoms with E-state index in [-0.39, 0.29) is 51.1 Å². The molecule has 10 nitrogen and oxygen atoms in total. The van der Waals surface area contributed by atoms with Crippen LogP contribution in [0.25, 0.3) is 32.9 Å². The summed E-state index contributed by atoms with van der Waals surface area (Å²) in [4.78, 5) is 17.4. The van der Waals surface area contributed by atoms with Crippen LogP contribution < -0.4 is 9.64 Å². The largest absolute Gasteiger partial charge is 0.508 e. The van der Waals surface area contributed by atoms with Crippen LogP contribution in [-0.4, -0.2) is 85.1 Å². The molecule has 0 saturated carbocycles. The van der Waals surface area contributed by atoms with Gasteiger partial charge in [0.05, 0.1) is 23.2 Å². The molecule has 2 bridgehead atoms. The first-order valence-corrected chi connectivity index (χ1v) is 15.2. The molecule has 4 fully saturated rings. The number of pyridine rings is 1. The molecule has 4 aromatic rings. The number of morpholine rings is 1. The molecule has 0 radical (unpaired) electrons. The highest BCUT2D eigenvalue weighted by Crippen LogP contribution is 2.46. The number of anilines is 1. The van der Waals surface area contributed by atoms with Crippen LogP contribution in [0.1, 0.15) is 44.1 Å². The van der Waals surface area contributed by atoms with Crippen molar-refractivity contribution >= 4 is 27.5 Å². The Morgan fingerprint density at radius 2 is 1.80 bits per heavy atom. The lowest BCUT2D eigenvalue weighted by Gasteiger charge is -2.41. The third kappa shape index (κ3) is 4.33. The number of phenols is 1. The summed E-state index contributed by atoms with van der Waals surface area (Å²) in [7, 11) is 0. The van der Waals surface area contributed by atoms with Crippen molar-refractivity contribution < 1.29 is 33.6 Å². The fourth-order valence-corrected chi connectivity index (χ4v) is 7.90. The quantitative estimate of drug-likeness (QED) is 0.226. The molecule has 0 amide bonds. The zero-order valence-electron chi connectivity index (χ0n) is 24.3. The number of halogens is 2. The van der Waals surface area contributed by atoms with Gasteiger partial charge in [0.1, 0.15) is 34.1 Å². The number of rotatable bonds is 5. The van der Waals surface area contributed by atoms with E-state index in [4.69, 9.17) is 15.9 Å². The summed E-state index contributed by atoms with van der Waals surface area (Å²) < 4.78 is 43.4. The van der Waals surface area contributed by atoms with Crippen molar-refractivity contribution in [1.29, 1.82) is 0 Å². The van der Waals surface area contributed by atoms with Gasteiger partial charge < -0.3 is 29.7 Å². The predicted octanol–water partition coefficient (Wildman–Crippen LogP) is 3.82. The maximum Gasteiger partial charge on any atom is 0.343 e. The lowest BCUT2D eigenvalue weighted by molar-refractivity contribution is -0.349. The minimum absolute atomic E-state index is 0.0230. The number of ether oxygens (including phenoxy) is 2. The van der Waals surface area contributed by atoms with Gasteiger partial charge in [-0.05, 0) is 75.2 Å². The number of aromatic nitrogens is 3. The van der Waals surface area contributed by atoms with Crippen LogP contribution in [0, 0.1) is 24.0 Å². The van der Waals surface area contributed by atoms with Gasteiger partial charge in [0.15, 0.2) is 5.82 Å². The molecule has 45 heavy (non-hydrogen) atoms. The molecule has 2 unspecified atom stereocenters. The van der Waals surface area contributed by atoms with E-state index in [1.807, 2.05) is 9.80 Å². The average Bonchev–Trinajstić information content (AvgIpc) is 3.72. The van der Waals surface area contributed by atoms with Gasteiger partial charge >= 0.3 is 12.0 Å². The highest BCUT2D eigenvalue weighted by molar-refractivity contribution is 6.03. The van der Waals surface area contributed by atoms with Crippen molar-refractivity contribution in [3.05, 3.63) is 47.7 Å². The third-order valence-electron chi connectivity index (χ3n) is 9.92. The van der Waals surface area contributed by atoms with E-state index in [0.717, 1.165) is 25.7 Å². The molecule has 2 atom stereocenters. The van der Waals surface area contributed by atoms with E-state index < -0.39 is 29.2 Å². The number of hydrogen-bond acceptors (Lipinski definition) is 10. The number of hydrogen-bond donors (Lipinski definition) is 3. The summed E-state index contributed by atoms with van der Waals surface area (Å²) in [6.07, 6.45) is 11.4. The van der Waals surface area contributed by atoms with Crippen molar-refractivity contribution in [2.45, 2.75) is 62.2 Å². The summed E-state index contributed by atoms with van der Waals surface area (Å²) in [5.74, 6) is -1.72. The van der Waals surface area contributed by atoms with Crippen molar-refractivity contribution in [1.82, 2.24) is 19.9 Å². The van der Waals surface area contributed by atoms with Crippen LogP contribution >= 0.6 is 0 Å². The lowest BCUT2D eigenvalue weighted by atomic mass is 9.91. The number of phenolic OH excluding ortho intramolecular Hbond substituents is 1. The summed E-state index contributed by atoms with van der Waals surface area (Å²) in [5, 5.41) is 34.2. The van der Waals surface area contributed by atoms with Crippen LogP contribution in [0.4, 0.5) is 14.6 Å². The summed E-state index contributed by atoms with van der Waals surface area (Å²) in [6, 6.07) is 4.92. The van der Waals surface area contributed by atoms with Crippen molar-refractivity contribution in [2.75, 3.05) is 31.1 Å². The van der Waals surface area contributed by atoms with Crippen LogP contribution in [0.5, 0.6) is 11.8 Å². The topological polar surface area (TPSA) is 124 Å². The van der Waals surface area contributed by atoms with E-state index in [2.05, 4.69) is 20.9 Å². The molecular weight excluding hydrogens is 584 g/mol. The zero-order valence-corrected chi connectivity index (χ0v) is 24.3. The molecular formula is C33H31F2N5O5. The van der Waals surface area contributed by atoms with Crippen LogP contribution in [0.2, 0.25) is 0 Å². The van der Waals surface area contributed by atoms with Gasteiger partial charge in [0, 0.05) is 30.2 Å². The second-order valence-corrected chi connectivity index (χ2v) is 12.5. The van der Waals surface area contributed by atoms with Gasteiger partial charge in [0.25, 0.3) is 0 Å². The van der Waals surface area contributed by atoms with Gasteiger partial charge in [-0.25, -0.2) is 8.78 Å². The molecule has 0 aliphatic carbocycles. The van der Waals surface area contributed by atoms with Gasteiger partial charge in [-0.1, -0.05) is 12.0 Å². The van der Waals surface area contributed by atoms with Crippen LogP contribution in [-0.2, 0) is 4.74 Å². The Morgan fingerprint density at radius 1 is 1.07 bits per heavy atom. The molecule has 3 N–H and O–H groups in total. The van der Waals surface area contributed by atoms with E-state index in [0.29, 0.717) is 50.2 Å². The normalized spacial score (nSPS) is 22.7. The van der Waals surface area contributed by atoms with Crippen molar-refractivity contribution in [2.24, 2.45) is 0 Å². The van der Waals surface area contributed by atoms with Gasteiger partial charge in [-0.15, -0.1) is 6.42 Å². The molecule has 4 saturated heterocycles. The number of benzene rings is 2. The molecule has 8 rings (SSSR count). The first kappa shape index (κ1) is 28.3. The van der Waals surface area contributed by atoms with Crippen molar-refractivity contribution in [3.8, 4) is 35.4 Å². The van der Waals surface area contributed by atoms with E-state index in [9.17, 15) is 19.7 Å². The maximum absolute atomic E-state index is 16.8. The second kappa shape index (κ2) is 10.2. The van der Waals surface area contributed by atoms with Crippen LogP contribution in [0.3, 0.4) is 0 Å². The second-order valence-electron chi connectivity index (χ2n) is 12.5. The maximum atomic E-state index is 16.8. The number of terminal acetylenes is 1. The number of nitrogens with zero attached hydrogens (tertiary/aromatic N) is 5. The van der Waals surface area contributed by atoms with E-state index >= 15 is 4.39 Å². The van der Waals surface area contributed by atoms with Crippen LogP contribution in [0.15, 0.2) is 30.5 Å². The fourth-order valence-electron chi connectivity index (χ4n) is 7.90. The molecule has 0 spiro atoms. The minimum Gasteiger partial charge on any atom is -0.508 e.